The van der Waals surface area contributed by atoms with E-state index >= 15 is 0 Å². The van der Waals surface area contributed by atoms with Crippen LogP contribution in [-0.2, 0) is 12.0 Å². The molecule has 0 radical (unpaired) electrons. The third-order valence-corrected chi connectivity index (χ3v) is 5.33. The molecule has 2 atom stereocenters. The van der Waals surface area contributed by atoms with Gasteiger partial charge in [-0.1, -0.05) is 6.08 Å². The van der Waals surface area contributed by atoms with E-state index in [1.54, 1.807) is 7.11 Å². The molecule has 0 saturated carbocycles. The number of allylic oxidation sites excluding steroid dienone is 1. The van der Waals surface area contributed by atoms with Crippen molar-refractivity contribution >= 4 is 11.7 Å². The molecule has 25 heavy (non-hydrogen) atoms. The standard InChI is InChI=1S/C18H22N4O3/c1-22-6-5-18-4-3-12(20-21-17(19)23)8-15(18)25-14-9-13(24-2)7-11(10-22)16(14)18/h3-4,7,9,15H,5-6,8,10H2,1-2H3,(H3,19,21,23)/b20-12+/t15?,18-/m0/s1. The lowest BCUT2D eigenvalue weighted by Gasteiger charge is -2.34. The van der Waals surface area contributed by atoms with Gasteiger partial charge in [-0.3, -0.25) is 0 Å². The zero-order chi connectivity index (χ0) is 17.6. The molecule has 3 N–H and O–H groups in total. The van der Waals surface area contributed by atoms with E-state index in [9.17, 15) is 4.79 Å². The van der Waals surface area contributed by atoms with E-state index in [0.717, 1.165) is 36.7 Å². The summed E-state index contributed by atoms with van der Waals surface area (Å²) in [6, 6.07) is 3.41. The van der Waals surface area contributed by atoms with Crippen molar-refractivity contribution in [3.05, 3.63) is 35.4 Å². The van der Waals surface area contributed by atoms with Gasteiger partial charge in [-0.25, -0.2) is 10.2 Å². The number of hydrogen-bond acceptors (Lipinski definition) is 5. The molecular formula is C18H22N4O3. The Balaban J connectivity index is 1.79. The van der Waals surface area contributed by atoms with Crippen molar-refractivity contribution in [3.63, 3.8) is 0 Å². The molecule has 2 heterocycles. The van der Waals surface area contributed by atoms with Crippen LogP contribution in [0.15, 0.2) is 29.4 Å². The number of nitrogens with one attached hydrogen (secondary N) is 1. The Labute approximate surface area is 146 Å². The van der Waals surface area contributed by atoms with Crippen LogP contribution in [0, 0.1) is 0 Å². The van der Waals surface area contributed by atoms with Crippen LogP contribution in [0.1, 0.15) is 24.0 Å². The third-order valence-electron chi connectivity index (χ3n) is 5.33. The number of urea groups is 1. The molecular weight excluding hydrogens is 320 g/mol. The number of primary amides is 1. The number of methoxy groups -OCH3 is 1. The molecule has 1 aromatic rings. The lowest BCUT2D eigenvalue weighted by Crippen LogP contribution is -2.42. The Bertz CT molecular complexity index is 789. The van der Waals surface area contributed by atoms with E-state index in [2.05, 4.69) is 34.6 Å². The number of carbonyl (C=O) groups excluding carboxylic acids is 1. The zero-order valence-corrected chi connectivity index (χ0v) is 14.4. The molecule has 0 saturated heterocycles. The van der Waals surface area contributed by atoms with Crippen molar-refractivity contribution in [2.75, 3.05) is 20.7 Å². The number of nitrogens with two attached hydrogens (primary N) is 1. The van der Waals surface area contributed by atoms with Crippen LogP contribution < -0.4 is 20.6 Å². The van der Waals surface area contributed by atoms with Crippen LogP contribution in [0.3, 0.4) is 0 Å². The van der Waals surface area contributed by atoms with Crippen molar-refractivity contribution in [1.29, 1.82) is 0 Å². The van der Waals surface area contributed by atoms with Crippen LogP contribution in [0.4, 0.5) is 4.79 Å². The first-order valence-corrected chi connectivity index (χ1v) is 8.39. The number of amides is 2. The van der Waals surface area contributed by atoms with Crippen LogP contribution in [0.5, 0.6) is 11.5 Å². The Morgan fingerprint density at radius 2 is 2.36 bits per heavy atom. The molecule has 0 bridgehead atoms. The summed E-state index contributed by atoms with van der Waals surface area (Å²) < 4.78 is 11.8. The van der Waals surface area contributed by atoms with Gasteiger partial charge in [-0.05, 0) is 37.7 Å². The van der Waals surface area contributed by atoms with Crippen molar-refractivity contribution in [2.24, 2.45) is 10.8 Å². The van der Waals surface area contributed by atoms with Gasteiger partial charge in [-0.2, -0.15) is 5.10 Å². The van der Waals surface area contributed by atoms with E-state index in [-0.39, 0.29) is 11.5 Å². The summed E-state index contributed by atoms with van der Waals surface area (Å²) in [5.41, 5.74) is 10.5. The molecule has 1 aromatic carbocycles. The Morgan fingerprint density at radius 1 is 1.52 bits per heavy atom. The number of hydrogen-bond donors (Lipinski definition) is 2. The van der Waals surface area contributed by atoms with Crippen molar-refractivity contribution in [1.82, 2.24) is 10.3 Å². The van der Waals surface area contributed by atoms with Gasteiger partial charge in [0.05, 0.1) is 18.2 Å². The van der Waals surface area contributed by atoms with Crippen LogP contribution in [0.25, 0.3) is 0 Å². The van der Waals surface area contributed by atoms with Crippen molar-refractivity contribution < 1.29 is 14.3 Å². The van der Waals surface area contributed by atoms with Crippen molar-refractivity contribution in [2.45, 2.75) is 30.9 Å². The smallest absolute Gasteiger partial charge is 0.332 e. The lowest BCUT2D eigenvalue weighted by molar-refractivity contribution is 0.161. The number of benzene rings is 1. The lowest BCUT2D eigenvalue weighted by atomic mass is 9.69. The van der Waals surface area contributed by atoms with Gasteiger partial charge in [0.15, 0.2) is 0 Å². The predicted molar refractivity (Wildman–Crippen MR) is 94.0 cm³/mol. The number of rotatable bonds is 2. The summed E-state index contributed by atoms with van der Waals surface area (Å²) >= 11 is 0. The van der Waals surface area contributed by atoms with E-state index in [0.29, 0.717) is 6.42 Å². The molecule has 0 fully saturated rings. The summed E-state index contributed by atoms with van der Waals surface area (Å²) in [5, 5.41) is 4.07. The summed E-state index contributed by atoms with van der Waals surface area (Å²) in [4.78, 5) is 13.2. The van der Waals surface area contributed by atoms with E-state index in [1.807, 2.05) is 12.1 Å². The fourth-order valence-corrected chi connectivity index (χ4v) is 4.17. The Kier molecular flexibility index (Phi) is 3.68. The molecule has 1 unspecified atom stereocenters. The van der Waals surface area contributed by atoms with Crippen LogP contribution in [0.2, 0.25) is 0 Å². The molecule has 0 aromatic heterocycles. The topological polar surface area (TPSA) is 89.2 Å². The largest absolute Gasteiger partial charge is 0.497 e. The van der Waals surface area contributed by atoms with Crippen LogP contribution >= 0.6 is 0 Å². The molecule has 2 aliphatic heterocycles. The average molecular weight is 342 g/mol. The monoisotopic (exact) mass is 342 g/mol. The van der Waals surface area contributed by atoms with Crippen LogP contribution in [-0.4, -0.2) is 43.4 Å². The van der Waals surface area contributed by atoms with Gasteiger partial charge in [0.25, 0.3) is 0 Å². The first-order chi connectivity index (χ1) is 12.0. The first kappa shape index (κ1) is 16.0. The van der Waals surface area contributed by atoms with Gasteiger partial charge in [0.2, 0.25) is 0 Å². The molecule has 4 rings (SSSR count). The number of hydrazone groups is 1. The van der Waals surface area contributed by atoms with Gasteiger partial charge in [0, 0.05) is 24.6 Å². The first-order valence-electron chi connectivity index (χ1n) is 8.39. The van der Waals surface area contributed by atoms with Gasteiger partial charge in [-0.15, -0.1) is 0 Å². The maximum Gasteiger partial charge on any atom is 0.332 e. The Hall–Kier alpha value is -2.54. The molecule has 132 valence electrons. The highest BCUT2D eigenvalue weighted by Crippen LogP contribution is 2.53. The number of nitrogens with zero attached hydrogens (tertiary/aromatic N) is 2. The quantitative estimate of drug-likeness (QED) is 0.798. The van der Waals surface area contributed by atoms with Gasteiger partial charge in [0.1, 0.15) is 17.6 Å². The molecule has 3 aliphatic rings. The summed E-state index contributed by atoms with van der Waals surface area (Å²) in [6.45, 7) is 1.85. The second-order valence-corrected chi connectivity index (χ2v) is 6.91. The second kappa shape index (κ2) is 5.77. The highest BCUT2D eigenvalue weighted by molar-refractivity contribution is 5.97. The fraction of sp³-hybridized carbons (Fsp3) is 0.444. The molecule has 1 spiro atoms. The van der Waals surface area contributed by atoms with Gasteiger partial charge >= 0.3 is 6.03 Å². The minimum absolute atomic E-state index is 0.0433. The molecule has 1 aliphatic carbocycles. The van der Waals surface area contributed by atoms with Crippen molar-refractivity contribution in [3.8, 4) is 11.5 Å². The summed E-state index contributed by atoms with van der Waals surface area (Å²) in [6.07, 6.45) is 5.72. The second-order valence-electron chi connectivity index (χ2n) is 6.91. The SMILES string of the molecule is COc1cc2c3c(c1)OC1C/C(=N/NC(N)=O)C=C[C@@]31CCN(C)C2. The minimum atomic E-state index is -0.667. The highest BCUT2D eigenvalue weighted by atomic mass is 16.5. The fourth-order valence-electron chi connectivity index (χ4n) is 4.17. The summed E-state index contributed by atoms with van der Waals surface area (Å²) in [7, 11) is 3.81. The minimum Gasteiger partial charge on any atom is -0.497 e. The zero-order valence-electron chi connectivity index (χ0n) is 14.4. The highest BCUT2D eigenvalue weighted by Gasteiger charge is 2.51. The maximum atomic E-state index is 10.9. The molecule has 7 heteroatoms. The molecule has 7 nitrogen and oxygen atoms in total. The van der Waals surface area contributed by atoms with Gasteiger partial charge < -0.3 is 20.1 Å². The maximum absolute atomic E-state index is 10.9. The third kappa shape index (κ3) is 2.55. The van der Waals surface area contributed by atoms with E-state index in [4.69, 9.17) is 15.2 Å². The van der Waals surface area contributed by atoms with E-state index in [1.165, 1.54) is 11.1 Å². The average Bonchev–Trinajstić information content (AvgIpc) is 2.83. The normalized spacial score (nSPS) is 28.7. The van der Waals surface area contributed by atoms with E-state index < -0.39 is 6.03 Å². The number of carbonyl (C=O) groups is 1. The number of ether oxygens (including phenoxy) is 2. The predicted octanol–water partition coefficient (Wildman–Crippen LogP) is 1.51. The summed E-state index contributed by atoms with van der Waals surface area (Å²) in [5.74, 6) is 1.70. The Morgan fingerprint density at radius 3 is 3.12 bits per heavy atom. The molecule has 2 amide bonds.